The van der Waals surface area contributed by atoms with Crippen LogP contribution >= 0.6 is 0 Å². The molecule has 0 aliphatic carbocycles. The number of amides is 2. The molecule has 0 fully saturated rings. The zero-order chi connectivity index (χ0) is 23.0. The number of nitrogens with zero attached hydrogens (tertiary/aromatic N) is 1. The van der Waals surface area contributed by atoms with Crippen LogP contribution in [0.15, 0.2) is 85.1 Å². The number of rotatable bonds is 8. The molecule has 0 aliphatic rings. The fourth-order valence-electron chi connectivity index (χ4n) is 3.13. The molecule has 0 aliphatic heterocycles. The van der Waals surface area contributed by atoms with Gasteiger partial charge in [0.1, 0.15) is 11.5 Å². The van der Waals surface area contributed by atoms with Crippen LogP contribution < -0.4 is 20.1 Å². The van der Waals surface area contributed by atoms with Crippen LogP contribution in [-0.4, -0.2) is 35.7 Å². The van der Waals surface area contributed by atoms with Gasteiger partial charge in [-0.15, -0.1) is 0 Å². The monoisotopic (exact) mass is 442 g/mol. The molecule has 0 atom stereocenters. The first-order valence-corrected chi connectivity index (χ1v) is 10.2. The second kappa shape index (κ2) is 10.1. The van der Waals surface area contributed by atoms with Gasteiger partial charge in [-0.1, -0.05) is 18.2 Å². The number of nitrogens with one attached hydrogen (secondary N) is 3. The molecule has 0 radical (unpaired) electrons. The summed E-state index contributed by atoms with van der Waals surface area (Å²) in [7, 11) is 1.56. The molecular formula is C25H22N4O4. The van der Waals surface area contributed by atoms with Crippen molar-refractivity contribution in [3.05, 3.63) is 90.6 Å². The van der Waals surface area contributed by atoms with Gasteiger partial charge in [0, 0.05) is 34.8 Å². The van der Waals surface area contributed by atoms with Gasteiger partial charge in [0.05, 0.1) is 12.8 Å². The van der Waals surface area contributed by atoms with E-state index in [1.54, 1.807) is 61.8 Å². The normalized spacial score (nSPS) is 10.3. The van der Waals surface area contributed by atoms with E-state index in [0.29, 0.717) is 28.4 Å². The van der Waals surface area contributed by atoms with Crippen molar-refractivity contribution < 1.29 is 19.1 Å². The predicted molar refractivity (Wildman–Crippen MR) is 126 cm³/mol. The highest BCUT2D eigenvalue weighted by atomic mass is 16.5. The lowest BCUT2D eigenvalue weighted by Gasteiger charge is -2.10. The van der Waals surface area contributed by atoms with Crippen LogP contribution in [0.1, 0.15) is 10.4 Å². The molecule has 166 valence electrons. The molecule has 3 N–H and O–H groups in total. The molecule has 4 aromatic rings. The lowest BCUT2D eigenvalue weighted by Crippen LogP contribution is -2.20. The summed E-state index contributed by atoms with van der Waals surface area (Å²) in [5.41, 5.74) is 3.53. The Balaban J connectivity index is 1.31. The summed E-state index contributed by atoms with van der Waals surface area (Å²) in [6.45, 7) is -0.164. The highest BCUT2D eigenvalue weighted by Crippen LogP contribution is 2.21. The molecule has 0 saturated heterocycles. The number of hydrogen-bond donors (Lipinski definition) is 3. The number of hydrogen-bond acceptors (Lipinski definition) is 5. The molecule has 0 bridgehead atoms. The van der Waals surface area contributed by atoms with Crippen molar-refractivity contribution in [1.29, 1.82) is 0 Å². The summed E-state index contributed by atoms with van der Waals surface area (Å²) in [4.78, 5) is 24.7. The molecule has 1 aromatic heterocycles. The zero-order valence-electron chi connectivity index (χ0n) is 17.9. The Kier molecular flexibility index (Phi) is 6.65. The number of anilines is 2. The van der Waals surface area contributed by atoms with E-state index in [9.17, 15) is 9.59 Å². The third-order valence-electron chi connectivity index (χ3n) is 4.77. The second-order valence-corrected chi connectivity index (χ2v) is 7.10. The van der Waals surface area contributed by atoms with Crippen LogP contribution in [0.25, 0.3) is 11.3 Å². The topological polar surface area (TPSA) is 105 Å². The van der Waals surface area contributed by atoms with E-state index in [2.05, 4.69) is 20.8 Å². The van der Waals surface area contributed by atoms with E-state index in [1.165, 1.54) is 0 Å². The Morgan fingerprint density at radius 1 is 0.879 bits per heavy atom. The Hall–Kier alpha value is -4.59. The third-order valence-corrected chi connectivity index (χ3v) is 4.77. The molecule has 4 rings (SSSR count). The summed E-state index contributed by atoms with van der Waals surface area (Å²) in [5, 5.41) is 12.5. The van der Waals surface area contributed by atoms with E-state index in [4.69, 9.17) is 9.47 Å². The Morgan fingerprint density at radius 3 is 2.36 bits per heavy atom. The van der Waals surface area contributed by atoms with Crippen LogP contribution in [-0.2, 0) is 4.79 Å². The molecule has 33 heavy (non-hydrogen) atoms. The van der Waals surface area contributed by atoms with Crippen LogP contribution in [0, 0.1) is 0 Å². The Bertz CT molecular complexity index is 1240. The molecule has 2 amide bonds. The molecule has 8 nitrogen and oxygen atoms in total. The van der Waals surface area contributed by atoms with Crippen molar-refractivity contribution >= 4 is 23.2 Å². The van der Waals surface area contributed by atoms with E-state index in [0.717, 1.165) is 11.3 Å². The first-order valence-electron chi connectivity index (χ1n) is 10.2. The largest absolute Gasteiger partial charge is 0.497 e. The lowest BCUT2D eigenvalue weighted by molar-refractivity contribution is -0.118. The summed E-state index contributed by atoms with van der Waals surface area (Å²) < 4.78 is 10.7. The van der Waals surface area contributed by atoms with Crippen molar-refractivity contribution in [2.24, 2.45) is 0 Å². The third kappa shape index (κ3) is 5.76. The Labute approximate surface area is 190 Å². The zero-order valence-corrected chi connectivity index (χ0v) is 17.9. The maximum Gasteiger partial charge on any atom is 0.262 e. The van der Waals surface area contributed by atoms with Crippen molar-refractivity contribution in [3.63, 3.8) is 0 Å². The van der Waals surface area contributed by atoms with Crippen LogP contribution in [0.5, 0.6) is 11.5 Å². The van der Waals surface area contributed by atoms with Crippen molar-refractivity contribution in [3.8, 4) is 22.8 Å². The van der Waals surface area contributed by atoms with Crippen molar-refractivity contribution in [2.75, 3.05) is 24.4 Å². The van der Waals surface area contributed by atoms with Gasteiger partial charge in [-0.25, -0.2) is 0 Å². The second-order valence-electron chi connectivity index (χ2n) is 7.10. The minimum Gasteiger partial charge on any atom is -0.497 e. The number of methoxy groups -OCH3 is 1. The molecule has 0 spiro atoms. The van der Waals surface area contributed by atoms with Crippen LogP contribution in [0.4, 0.5) is 11.4 Å². The van der Waals surface area contributed by atoms with Crippen LogP contribution in [0.3, 0.4) is 0 Å². The first kappa shape index (κ1) is 21.6. The minimum atomic E-state index is -0.303. The maximum atomic E-state index is 12.6. The molecule has 3 aromatic carbocycles. The van der Waals surface area contributed by atoms with Crippen LogP contribution in [0.2, 0.25) is 0 Å². The quantitative estimate of drug-likeness (QED) is 0.376. The summed E-state index contributed by atoms with van der Waals surface area (Å²) in [6.07, 6.45) is 1.67. The average molecular weight is 442 g/mol. The van der Waals surface area contributed by atoms with Gasteiger partial charge in [-0.3, -0.25) is 14.7 Å². The van der Waals surface area contributed by atoms with Gasteiger partial charge < -0.3 is 20.1 Å². The Morgan fingerprint density at radius 2 is 1.64 bits per heavy atom. The fraction of sp³-hybridized carbons (Fsp3) is 0.0800. The number of carbonyl (C=O) groups is 2. The smallest absolute Gasteiger partial charge is 0.262 e. The maximum absolute atomic E-state index is 12.6. The van der Waals surface area contributed by atoms with Gasteiger partial charge in [-0.05, 0) is 54.6 Å². The number of benzene rings is 3. The van der Waals surface area contributed by atoms with Gasteiger partial charge in [0.15, 0.2) is 6.61 Å². The highest BCUT2D eigenvalue weighted by molar-refractivity contribution is 6.04. The average Bonchev–Trinajstić information content (AvgIpc) is 3.38. The van der Waals surface area contributed by atoms with Gasteiger partial charge in [-0.2, -0.15) is 5.10 Å². The minimum absolute atomic E-state index is 0.164. The van der Waals surface area contributed by atoms with E-state index in [-0.39, 0.29) is 18.4 Å². The molecule has 1 heterocycles. The van der Waals surface area contributed by atoms with Gasteiger partial charge >= 0.3 is 0 Å². The summed E-state index contributed by atoms with van der Waals surface area (Å²) in [6, 6.07) is 23.0. The number of aromatic amines is 1. The molecular weight excluding hydrogens is 420 g/mol. The van der Waals surface area contributed by atoms with E-state index >= 15 is 0 Å². The van der Waals surface area contributed by atoms with E-state index < -0.39 is 0 Å². The first-order chi connectivity index (χ1) is 16.1. The highest BCUT2D eigenvalue weighted by Gasteiger charge is 2.09. The standard InChI is InChI=1S/C25H22N4O4/c1-32-22-7-3-6-20(15-22)27-24(30)16-33-21-10-8-17(9-11-21)25(31)28-19-5-2-4-18(14-19)23-12-13-26-29-23/h2-15H,16H2,1H3,(H,26,29)(H,27,30)(H,28,31). The molecule has 0 unspecified atom stereocenters. The van der Waals surface area contributed by atoms with Gasteiger partial charge in [0.25, 0.3) is 11.8 Å². The number of ether oxygens (including phenoxy) is 2. The van der Waals surface area contributed by atoms with Crippen molar-refractivity contribution in [1.82, 2.24) is 10.2 Å². The SMILES string of the molecule is COc1cccc(NC(=O)COc2ccc(C(=O)Nc3cccc(-c4ccn[nH]4)c3)cc2)c1. The lowest BCUT2D eigenvalue weighted by atomic mass is 10.1. The number of aromatic nitrogens is 2. The summed E-state index contributed by atoms with van der Waals surface area (Å²) >= 11 is 0. The predicted octanol–water partition coefficient (Wildman–Crippen LogP) is 4.36. The summed E-state index contributed by atoms with van der Waals surface area (Å²) in [5.74, 6) is 0.575. The fourth-order valence-corrected chi connectivity index (χ4v) is 3.13. The molecule has 0 saturated carbocycles. The van der Waals surface area contributed by atoms with Gasteiger partial charge in [0.2, 0.25) is 0 Å². The van der Waals surface area contributed by atoms with E-state index in [1.807, 2.05) is 30.3 Å². The van der Waals surface area contributed by atoms with Crippen molar-refractivity contribution in [2.45, 2.75) is 0 Å². The number of H-pyrrole nitrogens is 1. The molecule has 8 heteroatoms. The number of carbonyl (C=O) groups excluding carboxylic acids is 2.